The van der Waals surface area contributed by atoms with Gasteiger partial charge in [-0.15, -0.1) is 0 Å². The number of amides is 1. The molecule has 2 aliphatic rings. The first-order valence-corrected chi connectivity index (χ1v) is 12.7. The lowest BCUT2D eigenvalue weighted by Crippen LogP contribution is -2.33. The van der Waals surface area contributed by atoms with E-state index in [9.17, 15) is 18.8 Å². The van der Waals surface area contributed by atoms with Crippen LogP contribution < -0.4 is 15.9 Å². The summed E-state index contributed by atoms with van der Waals surface area (Å²) in [5.74, 6) is 0.688. The monoisotopic (exact) mass is 501 g/mol. The Balaban J connectivity index is 0.00000222. The molecule has 8 heteroatoms. The molecule has 1 unspecified atom stereocenters. The smallest absolute Gasteiger partial charge is 0.407 e. The molecule has 0 spiro atoms. The van der Waals surface area contributed by atoms with Gasteiger partial charge < -0.3 is 19.4 Å². The van der Waals surface area contributed by atoms with Gasteiger partial charge in [-0.1, -0.05) is 38.2 Å². The average Bonchev–Trinajstić information content (AvgIpc) is 3.65. The second kappa shape index (κ2) is 14.9. The number of allylic oxidation sites excluding steroid dienone is 4. The first kappa shape index (κ1) is 28.9. The van der Waals surface area contributed by atoms with Gasteiger partial charge in [-0.2, -0.15) is 14.0 Å². The first-order valence-electron chi connectivity index (χ1n) is 12.7. The highest BCUT2D eigenvalue weighted by atomic mass is 19.3. The molecule has 1 atom stereocenters. The van der Waals surface area contributed by atoms with Crippen LogP contribution in [0.15, 0.2) is 30.1 Å². The van der Waals surface area contributed by atoms with E-state index in [1.807, 2.05) is 51.2 Å². The van der Waals surface area contributed by atoms with Gasteiger partial charge in [0.15, 0.2) is 0 Å². The Bertz CT molecular complexity index is 1120. The quantitative estimate of drug-likeness (QED) is 0.414. The first-order chi connectivity index (χ1) is 17.5. The minimum Gasteiger partial charge on any atom is -0.450 e. The van der Waals surface area contributed by atoms with E-state index in [4.69, 9.17) is 4.74 Å². The molecular formula is C28H37F2N3O3. The number of rotatable bonds is 11. The Morgan fingerprint density at radius 2 is 2.08 bits per heavy atom. The third kappa shape index (κ3) is 8.40. The topological polar surface area (TPSA) is 76.3 Å². The molecule has 36 heavy (non-hydrogen) atoms. The predicted octanol–water partition coefficient (Wildman–Crippen LogP) is 5.37. The second-order valence-corrected chi connectivity index (χ2v) is 8.29. The maximum atomic E-state index is 12.7. The third-order valence-electron chi connectivity index (χ3n) is 5.75. The van der Waals surface area contributed by atoms with E-state index < -0.39 is 12.7 Å². The molecule has 196 valence electrons. The molecule has 3 rings (SSSR count). The minimum atomic E-state index is -2.89. The van der Waals surface area contributed by atoms with Crippen LogP contribution in [0.2, 0.25) is 0 Å². The maximum absolute atomic E-state index is 12.7. The summed E-state index contributed by atoms with van der Waals surface area (Å²) in [7, 11) is 0. The lowest BCUT2D eigenvalue weighted by molar-refractivity contribution is -0.0967. The van der Waals surface area contributed by atoms with Crippen molar-refractivity contribution in [2.75, 3.05) is 6.61 Å². The Morgan fingerprint density at radius 3 is 2.69 bits per heavy atom. The van der Waals surface area contributed by atoms with Crippen molar-refractivity contribution in [2.45, 2.75) is 79.0 Å². The van der Waals surface area contributed by atoms with Gasteiger partial charge in [0, 0.05) is 23.5 Å². The van der Waals surface area contributed by atoms with Crippen molar-refractivity contribution in [3.05, 3.63) is 51.9 Å². The molecule has 1 amide bonds. The molecule has 0 saturated heterocycles. The van der Waals surface area contributed by atoms with Gasteiger partial charge in [-0.25, -0.2) is 4.79 Å². The van der Waals surface area contributed by atoms with Gasteiger partial charge in [0.25, 0.3) is 0 Å². The zero-order valence-corrected chi connectivity index (χ0v) is 21.6. The lowest BCUT2D eigenvalue weighted by atomic mass is 10.1. The fourth-order valence-corrected chi connectivity index (χ4v) is 3.94. The van der Waals surface area contributed by atoms with Crippen molar-refractivity contribution in [3.63, 3.8) is 0 Å². The SMILES string of the molecule is C/C=C\CCC(/C=C/c1c(C#N)c2c(n1CC1CC1)=CCC(OC(F)F)=CC=2)NC(=O)OCC.CC. The number of nitrogens with zero attached hydrogens (tertiary/aromatic N) is 2. The van der Waals surface area contributed by atoms with E-state index >= 15 is 0 Å². The summed E-state index contributed by atoms with van der Waals surface area (Å²) in [5, 5.41) is 14.4. The standard InChI is InChI=1S/C26H31F2N3O3.C2H6/c1-3-5-6-7-19(30-26(32)33-4-2)10-14-24-22(16-29)21-13-11-20(34-25(27)28)12-15-23(21)31(24)17-18-8-9-18;1-2/h3,5,10-11,13-15,18-19,25H,4,6-9,12,17H2,1-2H3,(H,30,32);1-2H3/b5-3-,14-10+;. The number of carbonyl (C=O) groups is 1. The molecule has 1 N–H and O–H groups in total. The van der Waals surface area contributed by atoms with Gasteiger partial charge in [0.2, 0.25) is 0 Å². The molecule has 1 aromatic heterocycles. The van der Waals surface area contributed by atoms with E-state index in [2.05, 4.69) is 20.7 Å². The number of ether oxygens (including phenoxy) is 2. The summed E-state index contributed by atoms with van der Waals surface area (Å²) < 4.78 is 37.1. The molecule has 1 heterocycles. The zero-order chi connectivity index (χ0) is 26.5. The fraction of sp³-hybridized carbons (Fsp3) is 0.500. The zero-order valence-electron chi connectivity index (χ0n) is 21.6. The molecular weight excluding hydrogens is 464 g/mol. The van der Waals surface area contributed by atoms with E-state index in [1.165, 1.54) is 6.08 Å². The van der Waals surface area contributed by atoms with Crippen molar-refractivity contribution in [1.82, 2.24) is 9.88 Å². The number of aromatic nitrogens is 1. The van der Waals surface area contributed by atoms with Crippen molar-refractivity contribution in [2.24, 2.45) is 5.92 Å². The summed E-state index contributed by atoms with van der Waals surface area (Å²) in [5.41, 5.74) is 1.22. The highest BCUT2D eigenvalue weighted by Gasteiger charge is 2.25. The van der Waals surface area contributed by atoms with Crippen molar-refractivity contribution >= 4 is 24.3 Å². The second-order valence-electron chi connectivity index (χ2n) is 8.29. The number of hydrogen-bond acceptors (Lipinski definition) is 4. The molecule has 2 aliphatic carbocycles. The molecule has 0 bridgehead atoms. The van der Waals surface area contributed by atoms with Crippen LogP contribution in [0.1, 0.15) is 71.1 Å². The van der Waals surface area contributed by atoms with Crippen LogP contribution in [-0.4, -0.2) is 29.9 Å². The number of alkyl carbamates (subject to hydrolysis) is 1. The lowest BCUT2D eigenvalue weighted by Gasteiger charge is -2.14. The van der Waals surface area contributed by atoms with Crippen LogP contribution in [-0.2, 0) is 16.0 Å². The van der Waals surface area contributed by atoms with E-state index in [-0.39, 0.29) is 24.8 Å². The molecule has 1 fully saturated rings. The van der Waals surface area contributed by atoms with Gasteiger partial charge in [-0.05, 0) is 63.7 Å². The molecule has 0 aliphatic heterocycles. The summed E-state index contributed by atoms with van der Waals surface area (Å²) in [4.78, 5) is 12.0. The van der Waals surface area contributed by atoms with Crippen molar-refractivity contribution in [1.29, 1.82) is 5.26 Å². The Kier molecular flexibility index (Phi) is 12.0. The summed E-state index contributed by atoms with van der Waals surface area (Å²) in [6.45, 7) is 5.83. The highest BCUT2D eigenvalue weighted by Crippen LogP contribution is 2.31. The van der Waals surface area contributed by atoms with Crippen LogP contribution in [0.4, 0.5) is 13.6 Å². The number of halogens is 2. The summed E-state index contributed by atoms with van der Waals surface area (Å²) >= 11 is 0. The average molecular weight is 502 g/mol. The summed E-state index contributed by atoms with van der Waals surface area (Å²) in [6.07, 6.45) is 16.2. The molecule has 6 nitrogen and oxygen atoms in total. The predicted molar refractivity (Wildman–Crippen MR) is 138 cm³/mol. The molecule has 1 aromatic rings. The number of alkyl halides is 2. The van der Waals surface area contributed by atoms with Crippen molar-refractivity contribution < 1.29 is 23.0 Å². The highest BCUT2D eigenvalue weighted by molar-refractivity contribution is 5.68. The normalized spacial score (nSPS) is 15.6. The number of carbonyl (C=O) groups excluding carboxylic acids is 1. The third-order valence-corrected chi connectivity index (χ3v) is 5.75. The number of hydrogen-bond donors (Lipinski definition) is 1. The van der Waals surface area contributed by atoms with Crippen LogP contribution in [0.25, 0.3) is 18.2 Å². The van der Waals surface area contributed by atoms with Gasteiger partial charge in [0.05, 0.1) is 23.9 Å². The number of nitrogens with one attached hydrogen (secondary N) is 1. The van der Waals surface area contributed by atoms with Gasteiger partial charge in [0.1, 0.15) is 11.8 Å². The number of nitriles is 1. The Labute approximate surface area is 212 Å². The van der Waals surface area contributed by atoms with Crippen LogP contribution in [0.3, 0.4) is 0 Å². The minimum absolute atomic E-state index is 0.160. The van der Waals surface area contributed by atoms with Crippen molar-refractivity contribution in [3.8, 4) is 6.07 Å². The largest absolute Gasteiger partial charge is 0.450 e. The van der Waals surface area contributed by atoms with Crippen LogP contribution >= 0.6 is 0 Å². The summed E-state index contributed by atoms with van der Waals surface area (Å²) in [6, 6.07) is 2.02. The van der Waals surface area contributed by atoms with Crippen LogP contribution in [0.5, 0.6) is 0 Å². The van der Waals surface area contributed by atoms with Gasteiger partial charge >= 0.3 is 12.7 Å². The van der Waals surface area contributed by atoms with E-state index in [0.717, 1.165) is 36.9 Å². The van der Waals surface area contributed by atoms with Gasteiger partial charge in [-0.3, -0.25) is 0 Å². The van der Waals surface area contributed by atoms with Crippen LogP contribution in [0, 0.1) is 17.2 Å². The molecule has 0 aromatic carbocycles. The fourth-order valence-electron chi connectivity index (χ4n) is 3.94. The molecule has 1 saturated carbocycles. The molecule has 0 radical (unpaired) electrons. The Hall–Kier alpha value is -3.34. The Morgan fingerprint density at radius 1 is 1.33 bits per heavy atom. The van der Waals surface area contributed by atoms with E-state index in [0.29, 0.717) is 23.1 Å². The number of fused-ring (bicyclic) bond motifs is 1. The van der Waals surface area contributed by atoms with E-state index in [1.54, 1.807) is 13.0 Å². The maximum Gasteiger partial charge on any atom is 0.407 e.